The van der Waals surface area contributed by atoms with E-state index in [1.165, 1.54) is 0 Å². The van der Waals surface area contributed by atoms with Gasteiger partial charge in [0.15, 0.2) is 0 Å². The molecular formula is C4H7N3O. The lowest BCUT2D eigenvalue weighted by Crippen LogP contribution is -2.35. The minimum Gasteiger partial charge on any atom is -0.368 e. The van der Waals surface area contributed by atoms with Crippen LogP contribution in [0.1, 0.15) is 6.42 Å². The first-order valence-electron chi connectivity index (χ1n) is 2.37. The third kappa shape index (κ3) is 0.776. The molecular weight excluding hydrogens is 106 g/mol. The number of hydrogen-bond acceptors (Lipinski definition) is 3. The molecule has 0 bridgehead atoms. The van der Waals surface area contributed by atoms with Crippen molar-refractivity contribution in [1.82, 2.24) is 5.43 Å². The van der Waals surface area contributed by atoms with Crippen LogP contribution in [0.15, 0.2) is 5.10 Å². The molecule has 1 rings (SSSR count). The van der Waals surface area contributed by atoms with Gasteiger partial charge >= 0.3 is 0 Å². The fourth-order valence-corrected chi connectivity index (χ4v) is 0.533. The molecule has 1 amide bonds. The van der Waals surface area contributed by atoms with Gasteiger partial charge in [0.05, 0.1) is 0 Å². The zero-order valence-corrected chi connectivity index (χ0v) is 4.29. The van der Waals surface area contributed by atoms with Gasteiger partial charge in [-0.3, -0.25) is 10.2 Å². The fraction of sp³-hybridized carbons (Fsp3) is 0.500. The van der Waals surface area contributed by atoms with Gasteiger partial charge < -0.3 is 5.73 Å². The number of amides is 1. The number of primary amides is 1. The SMILES string of the molecule is NC(=O)C1CC=NN1. The average Bonchev–Trinajstić information content (AvgIpc) is 2.12. The van der Waals surface area contributed by atoms with Gasteiger partial charge in [0, 0.05) is 12.6 Å². The molecule has 1 aliphatic heterocycles. The molecule has 3 N–H and O–H groups in total. The number of nitrogens with zero attached hydrogens (tertiary/aromatic N) is 1. The Morgan fingerprint density at radius 3 is 3.00 bits per heavy atom. The Morgan fingerprint density at radius 2 is 2.75 bits per heavy atom. The first kappa shape index (κ1) is 5.08. The van der Waals surface area contributed by atoms with Gasteiger partial charge in [-0.2, -0.15) is 5.10 Å². The maximum absolute atomic E-state index is 10.3. The summed E-state index contributed by atoms with van der Waals surface area (Å²) in [6.45, 7) is 0. The second kappa shape index (κ2) is 1.81. The molecule has 0 aromatic carbocycles. The molecule has 0 aromatic heterocycles. The number of hydrogen-bond donors (Lipinski definition) is 2. The summed E-state index contributed by atoms with van der Waals surface area (Å²) in [7, 11) is 0. The maximum Gasteiger partial charge on any atom is 0.241 e. The van der Waals surface area contributed by atoms with Gasteiger partial charge in [0.2, 0.25) is 5.91 Å². The number of rotatable bonds is 1. The molecule has 1 heterocycles. The Morgan fingerprint density at radius 1 is 2.00 bits per heavy atom. The molecule has 4 nitrogen and oxygen atoms in total. The number of carbonyl (C=O) groups is 1. The zero-order valence-electron chi connectivity index (χ0n) is 4.29. The lowest BCUT2D eigenvalue weighted by atomic mass is 10.2. The van der Waals surface area contributed by atoms with Crippen molar-refractivity contribution < 1.29 is 4.79 Å². The van der Waals surface area contributed by atoms with Crippen LogP contribution in [0.5, 0.6) is 0 Å². The molecule has 1 unspecified atom stereocenters. The summed E-state index contributed by atoms with van der Waals surface area (Å²) in [5.41, 5.74) is 7.47. The highest BCUT2D eigenvalue weighted by Gasteiger charge is 2.15. The molecule has 8 heavy (non-hydrogen) atoms. The normalized spacial score (nSPS) is 25.2. The number of nitrogens with two attached hydrogens (primary N) is 1. The first-order chi connectivity index (χ1) is 3.80. The fourth-order valence-electron chi connectivity index (χ4n) is 0.533. The van der Waals surface area contributed by atoms with Crippen LogP contribution >= 0.6 is 0 Å². The van der Waals surface area contributed by atoms with E-state index in [0.717, 1.165) is 0 Å². The summed E-state index contributed by atoms with van der Waals surface area (Å²) in [6, 6.07) is -0.269. The van der Waals surface area contributed by atoms with Crippen molar-refractivity contribution in [2.45, 2.75) is 12.5 Å². The summed E-state index contributed by atoms with van der Waals surface area (Å²) >= 11 is 0. The van der Waals surface area contributed by atoms with Crippen LogP contribution in [0, 0.1) is 0 Å². The molecule has 0 aliphatic carbocycles. The molecule has 44 valence electrons. The topological polar surface area (TPSA) is 67.5 Å². The zero-order chi connectivity index (χ0) is 5.98. The van der Waals surface area contributed by atoms with E-state index in [-0.39, 0.29) is 11.9 Å². The van der Waals surface area contributed by atoms with Gasteiger partial charge in [-0.15, -0.1) is 0 Å². The number of nitrogens with one attached hydrogen (secondary N) is 1. The van der Waals surface area contributed by atoms with Crippen molar-refractivity contribution in [2.75, 3.05) is 0 Å². The van der Waals surface area contributed by atoms with Gasteiger partial charge in [-0.1, -0.05) is 0 Å². The molecule has 0 saturated heterocycles. The minimum absolute atomic E-state index is 0.269. The van der Waals surface area contributed by atoms with Crippen molar-refractivity contribution in [1.29, 1.82) is 0 Å². The quantitative estimate of drug-likeness (QED) is 0.449. The second-order valence-electron chi connectivity index (χ2n) is 1.63. The van der Waals surface area contributed by atoms with Crippen LogP contribution in [0.25, 0.3) is 0 Å². The van der Waals surface area contributed by atoms with Gasteiger partial charge in [-0.05, 0) is 0 Å². The summed E-state index contributed by atoms with van der Waals surface area (Å²) < 4.78 is 0. The van der Waals surface area contributed by atoms with Gasteiger partial charge in [0.1, 0.15) is 6.04 Å². The van der Waals surface area contributed by atoms with E-state index >= 15 is 0 Å². The average molecular weight is 113 g/mol. The predicted octanol–water partition coefficient (Wildman–Crippen LogP) is -1.18. The molecule has 0 saturated carbocycles. The third-order valence-corrected chi connectivity index (χ3v) is 1.01. The Hall–Kier alpha value is -1.06. The summed E-state index contributed by atoms with van der Waals surface area (Å²) in [5, 5.41) is 3.61. The van der Waals surface area contributed by atoms with E-state index in [1.807, 2.05) is 0 Å². The van der Waals surface area contributed by atoms with Crippen LogP contribution in [0.3, 0.4) is 0 Å². The van der Waals surface area contributed by atoms with Crippen LogP contribution in [-0.2, 0) is 4.79 Å². The van der Waals surface area contributed by atoms with E-state index in [0.29, 0.717) is 6.42 Å². The maximum atomic E-state index is 10.3. The molecule has 0 radical (unpaired) electrons. The second-order valence-corrected chi connectivity index (χ2v) is 1.63. The highest BCUT2D eigenvalue weighted by atomic mass is 16.1. The van der Waals surface area contributed by atoms with E-state index < -0.39 is 0 Å². The van der Waals surface area contributed by atoms with Crippen LogP contribution in [-0.4, -0.2) is 18.2 Å². The summed E-state index contributed by atoms with van der Waals surface area (Å²) in [5.74, 6) is -0.345. The van der Waals surface area contributed by atoms with Gasteiger partial charge in [0.25, 0.3) is 0 Å². The van der Waals surface area contributed by atoms with Crippen LogP contribution in [0.2, 0.25) is 0 Å². The lowest BCUT2D eigenvalue weighted by molar-refractivity contribution is -0.119. The largest absolute Gasteiger partial charge is 0.368 e. The highest BCUT2D eigenvalue weighted by molar-refractivity contribution is 5.84. The lowest BCUT2D eigenvalue weighted by Gasteiger charge is -2.00. The standard InChI is InChI=1S/C4H7N3O/c5-4(8)3-1-2-6-7-3/h2-3,7H,1H2,(H2,5,8). The first-order valence-corrected chi connectivity index (χ1v) is 2.37. The van der Waals surface area contributed by atoms with E-state index in [1.54, 1.807) is 6.21 Å². The Bertz CT molecular complexity index is 123. The third-order valence-electron chi connectivity index (χ3n) is 1.01. The van der Waals surface area contributed by atoms with Crippen molar-refractivity contribution in [3.63, 3.8) is 0 Å². The van der Waals surface area contributed by atoms with Crippen molar-refractivity contribution in [3.8, 4) is 0 Å². The summed E-state index contributed by atoms with van der Waals surface area (Å²) in [4.78, 5) is 10.3. The number of hydrazone groups is 1. The van der Waals surface area contributed by atoms with E-state index in [9.17, 15) is 4.79 Å². The molecule has 0 aromatic rings. The highest BCUT2D eigenvalue weighted by Crippen LogP contribution is 1.92. The molecule has 0 fully saturated rings. The Balaban J connectivity index is 2.41. The predicted molar refractivity (Wildman–Crippen MR) is 29.2 cm³/mol. The minimum atomic E-state index is -0.345. The molecule has 4 heteroatoms. The van der Waals surface area contributed by atoms with E-state index in [2.05, 4.69) is 10.5 Å². The van der Waals surface area contributed by atoms with Crippen molar-refractivity contribution in [3.05, 3.63) is 0 Å². The molecule has 0 spiro atoms. The Kier molecular flexibility index (Phi) is 1.15. The van der Waals surface area contributed by atoms with Crippen molar-refractivity contribution >= 4 is 12.1 Å². The summed E-state index contributed by atoms with van der Waals surface area (Å²) in [6.07, 6.45) is 2.25. The van der Waals surface area contributed by atoms with Crippen molar-refractivity contribution in [2.24, 2.45) is 10.8 Å². The van der Waals surface area contributed by atoms with E-state index in [4.69, 9.17) is 5.73 Å². The molecule has 1 aliphatic rings. The van der Waals surface area contributed by atoms with Crippen LogP contribution < -0.4 is 11.2 Å². The monoisotopic (exact) mass is 113 g/mol. The van der Waals surface area contributed by atoms with Gasteiger partial charge in [-0.25, -0.2) is 0 Å². The molecule has 1 atom stereocenters. The van der Waals surface area contributed by atoms with Crippen LogP contribution in [0.4, 0.5) is 0 Å². The number of carbonyl (C=O) groups excluding carboxylic acids is 1. The smallest absolute Gasteiger partial charge is 0.241 e. The Labute approximate surface area is 46.7 Å².